The van der Waals surface area contributed by atoms with Crippen LogP contribution in [0.15, 0.2) is 109 Å². The van der Waals surface area contributed by atoms with Crippen molar-refractivity contribution >= 4 is 43.5 Å². The summed E-state index contributed by atoms with van der Waals surface area (Å²) in [6.07, 6.45) is 0. The fourth-order valence-electron chi connectivity index (χ4n) is 5.59. The highest BCUT2D eigenvalue weighted by Gasteiger charge is 2.30. The first-order valence-electron chi connectivity index (χ1n) is 11.4. The van der Waals surface area contributed by atoms with Crippen molar-refractivity contribution in [2.75, 3.05) is 0 Å². The summed E-state index contributed by atoms with van der Waals surface area (Å²) in [6.45, 7) is 0. The molecule has 0 amide bonds. The van der Waals surface area contributed by atoms with Gasteiger partial charge in [0.25, 0.3) is 0 Å². The minimum Gasteiger partial charge on any atom is -0.507 e. The molecule has 0 aromatic heterocycles. The maximum atomic E-state index is 11.3. The second kappa shape index (κ2) is 6.97. The highest BCUT2D eigenvalue weighted by Crippen LogP contribution is 2.53. The number of hydrogen-bond acceptors (Lipinski definition) is 2. The van der Waals surface area contributed by atoms with E-state index in [-0.39, 0.29) is 11.5 Å². The van der Waals surface area contributed by atoms with Crippen LogP contribution in [0.1, 0.15) is 22.3 Å². The van der Waals surface area contributed by atoms with Crippen LogP contribution in [0.25, 0.3) is 43.5 Å². The molecule has 6 aromatic carbocycles. The van der Waals surface area contributed by atoms with E-state index in [4.69, 9.17) is 0 Å². The Morgan fingerprint density at radius 1 is 0.382 bits per heavy atom. The number of aromatic hydroxyl groups is 2. The summed E-state index contributed by atoms with van der Waals surface area (Å²) < 4.78 is 0. The quantitative estimate of drug-likeness (QED) is 0.289. The van der Waals surface area contributed by atoms with E-state index >= 15 is 0 Å². The molecule has 0 bridgehead atoms. The first-order chi connectivity index (χ1) is 16.7. The lowest BCUT2D eigenvalue weighted by Gasteiger charge is -2.17. The highest BCUT2D eigenvalue weighted by atomic mass is 16.3. The zero-order chi connectivity index (χ0) is 22.8. The van der Waals surface area contributed by atoms with E-state index in [0.717, 1.165) is 65.7 Å². The van der Waals surface area contributed by atoms with Crippen LogP contribution < -0.4 is 0 Å². The summed E-state index contributed by atoms with van der Waals surface area (Å²) in [5.74, 6) is 0.464. The van der Waals surface area contributed by atoms with Gasteiger partial charge in [0.05, 0.1) is 0 Å². The topological polar surface area (TPSA) is 40.5 Å². The van der Waals surface area contributed by atoms with Gasteiger partial charge in [-0.1, -0.05) is 97.1 Å². The Morgan fingerprint density at radius 3 is 1.32 bits per heavy atom. The highest BCUT2D eigenvalue weighted by molar-refractivity contribution is 6.25. The van der Waals surface area contributed by atoms with Gasteiger partial charge in [0, 0.05) is 22.3 Å². The molecule has 0 spiro atoms. The van der Waals surface area contributed by atoms with Crippen molar-refractivity contribution in [3.8, 4) is 11.5 Å². The standard InChI is InChI=1S/C32H20O2/c33-26-17-15-19-7-1-3-11-22(19)29(26)31-24-13-5-9-21-10-6-14-25(28(21)24)32(31)30-23-12-4-2-8-20(23)16-18-27(30)34/h1-18,33-34H. The summed E-state index contributed by atoms with van der Waals surface area (Å²) in [5, 5.41) is 28.9. The monoisotopic (exact) mass is 436 g/mol. The zero-order valence-corrected chi connectivity index (χ0v) is 18.3. The van der Waals surface area contributed by atoms with Gasteiger partial charge in [-0.2, -0.15) is 0 Å². The van der Waals surface area contributed by atoms with Gasteiger partial charge in [0.1, 0.15) is 11.5 Å². The zero-order valence-electron chi connectivity index (χ0n) is 18.3. The lowest BCUT2D eigenvalue weighted by Crippen LogP contribution is -1.95. The second-order valence-electron chi connectivity index (χ2n) is 8.82. The third-order valence-electron chi connectivity index (χ3n) is 7.01. The minimum absolute atomic E-state index is 0.232. The number of rotatable bonds is 2. The van der Waals surface area contributed by atoms with Crippen molar-refractivity contribution in [1.29, 1.82) is 0 Å². The molecule has 0 heterocycles. The van der Waals surface area contributed by atoms with E-state index < -0.39 is 0 Å². The number of fused-ring (bicyclic) bond motifs is 2. The predicted octanol–water partition coefficient (Wildman–Crippen LogP) is 7.88. The molecule has 0 saturated heterocycles. The van der Waals surface area contributed by atoms with Crippen LogP contribution in [0.5, 0.6) is 11.5 Å². The van der Waals surface area contributed by atoms with Crippen molar-refractivity contribution in [3.63, 3.8) is 0 Å². The van der Waals surface area contributed by atoms with E-state index in [1.54, 1.807) is 12.1 Å². The van der Waals surface area contributed by atoms with Crippen LogP contribution in [0, 0.1) is 0 Å². The Bertz CT molecular complexity index is 1700. The number of hydrogen-bond donors (Lipinski definition) is 2. The summed E-state index contributed by atoms with van der Waals surface area (Å²) in [6, 6.07) is 36.3. The van der Waals surface area contributed by atoms with Crippen molar-refractivity contribution in [3.05, 3.63) is 131 Å². The van der Waals surface area contributed by atoms with Gasteiger partial charge >= 0.3 is 0 Å². The molecule has 2 N–H and O–H groups in total. The van der Waals surface area contributed by atoms with E-state index in [2.05, 4.69) is 60.7 Å². The maximum Gasteiger partial charge on any atom is 0.124 e. The molecular formula is C32H20O2. The minimum atomic E-state index is 0.232. The van der Waals surface area contributed by atoms with Crippen molar-refractivity contribution in [2.24, 2.45) is 0 Å². The largest absolute Gasteiger partial charge is 0.507 e. The summed E-state index contributed by atoms with van der Waals surface area (Å²) >= 11 is 0. The van der Waals surface area contributed by atoms with Crippen LogP contribution in [-0.2, 0) is 0 Å². The SMILES string of the molecule is Oc1ccc2ccccc2c1C1=C(c2c(O)ccc3ccccc23)c2cccc3cccc1c23. The Kier molecular flexibility index (Phi) is 3.88. The third-order valence-corrected chi connectivity index (χ3v) is 7.01. The Labute approximate surface area is 196 Å². The van der Waals surface area contributed by atoms with Gasteiger partial charge < -0.3 is 10.2 Å². The summed E-state index contributed by atoms with van der Waals surface area (Å²) in [7, 11) is 0. The molecular weight excluding hydrogens is 416 g/mol. The molecule has 34 heavy (non-hydrogen) atoms. The molecule has 0 saturated carbocycles. The van der Waals surface area contributed by atoms with Gasteiger partial charge in [-0.3, -0.25) is 0 Å². The molecule has 7 rings (SSSR count). The van der Waals surface area contributed by atoms with Crippen LogP contribution in [-0.4, -0.2) is 10.2 Å². The Morgan fingerprint density at radius 2 is 0.824 bits per heavy atom. The molecule has 0 radical (unpaired) electrons. The number of phenolic OH excluding ortho intramolecular Hbond substituents is 2. The lowest BCUT2D eigenvalue weighted by atomic mass is 9.87. The van der Waals surface area contributed by atoms with Crippen LogP contribution in [0.3, 0.4) is 0 Å². The molecule has 0 fully saturated rings. The van der Waals surface area contributed by atoms with E-state index in [0.29, 0.717) is 0 Å². The molecule has 0 atom stereocenters. The van der Waals surface area contributed by atoms with E-state index in [9.17, 15) is 10.2 Å². The van der Waals surface area contributed by atoms with E-state index in [1.807, 2.05) is 36.4 Å². The average molecular weight is 437 g/mol. The molecule has 6 aromatic rings. The Hall–Kier alpha value is -4.56. The molecule has 1 aliphatic rings. The summed E-state index contributed by atoms with van der Waals surface area (Å²) in [5.41, 5.74) is 5.64. The summed E-state index contributed by atoms with van der Waals surface area (Å²) in [4.78, 5) is 0. The predicted molar refractivity (Wildman–Crippen MR) is 140 cm³/mol. The van der Waals surface area contributed by atoms with Crippen LogP contribution >= 0.6 is 0 Å². The second-order valence-corrected chi connectivity index (χ2v) is 8.82. The molecule has 0 unspecified atom stereocenters. The third kappa shape index (κ3) is 2.51. The van der Waals surface area contributed by atoms with Crippen molar-refractivity contribution in [2.45, 2.75) is 0 Å². The van der Waals surface area contributed by atoms with Gasteiger partial charge in [0.2, 0.25) is 0 Å². The average Bonchev–Trinajstić information content (AvgIpc) is 3.19. The van der Waals surface area contributed by atoms with Crippen molar-refractivity contribution in [1.82, 2.24) is 0 Å². The Balaban J connectivity index is 1.73. The van der Waals surface area contributed by atoms with Gasteiger partial charge in [-0.25, -0.2) is 0 Å². The number of phenols is 2. The smallest absolute Gasteiger partial charge is 0.124 e. The fourth-order valence-corrected chi connectivity index (χ4v) is 5.59. The van der Waals surface area contributed by atoms with Crippen molar-refractivity contribution < 1.29 is 10.2 Å². The van der Waals surface area contributed by atoms with Crippen LogP contribution in [0.2, 0.25) is 0 Å². The lowest BCUT2D eigenvalue weighted by molar-refractivity contribution is 0.473. The molecule has 2 nitrogen and oxygen atoms in total. The van der Waals surface area contributed by atoms with Gasteiger partial charge in [-0.15, -0.1) is 0 Å². The van der Waals surface area contributed by atoms with Gasteiger partial charge in [-0.05, 0) is 55.6 Å². The van der Waals surface area contributed by atoms with Crippen LogP contribution in [0.4, 0.5) is 0 Å². The number of benzene rings is 6. The first kappa shape index (κ1) is 19.0. The van der Waals surface area contributed by atoms with E-state index in [1.165, 1.54) is 0 Å². The maximum absolute atomic E-state index is 11.3. The van der Waals surface area contributed by atoms with Gasteiger partial charge in [0.15, 0.2) is 0 Å². The molecule has 1 aliphatic carbocycles. The fraction of sp³-hybridized carbons (Fsp3) is 0. The molecule has 2 heteroatoms. The normalized spacial score (nSPS) is 12.8. The molecule has 0 aliphatic heterocycles. The first-order valence-corrected chi connectivity index (χ1v) is 11.4. The molecule has 160 valence electrons.